The van der Waals surface area contributed by atoms with Gasteiger partial charge in [-0.25, -0.2) is 4.79 Å². The highest BCUT2D eigenvalue weighted by molar-refractivity contribution is 7.80. The van der Waals surface area contributed by atoms with E-state index in [9.17, 15) is 9.59 Å². The van der Waals surface area contributed by atoms with Crippen molar-refractivity contribution in [3.8, 4) is 0 Å². The summed E-state index contributed by atoms with van der Waals surface area (Å²) >= 11 is 5.42. The average Bonchev–Trinajstić information content (AvgIpc) is 3.50. The van der Waals surface area contributed by atoms with Crippen molar-refractivity contribution in [1.82, 2.24) is 10.2 Å². The van der Waals surface area contributed by atoms with Crippen LogP contribution in [0.2, 0.25) is 0 Å². The van der Waals surface area contributed by atoms with Gasteiger partial charge >= 0.3 is 5.97 Å². The third-order valence-corrected chi connectivity index (χ3v) is 5.37. The van der Waals surface area contributed by atoms with E-state index in [0.29, 0.717) is 17.3 Å². The molecule has 6 nitrogen and oxygen atoms in total. The number of carbonyl (C=O) groups excluding carboxylic acids is 2. The van der Waals surface area contributed by atoms with Gasteiger partial charge in [0, 0.05) is 24.4 Å². The van der Waals surface area contributed by atoms with E-state index in [1.807, 2.05) is 52.1 Å². The molecule has 0 radical (unpaired) electrons. The van der Waals surface area contributed by atoms with Crippen LogP contribution in [-0.4, -0.2) is 35.5 Å². The summed E-state index contributed by atoms with van der Waals surface area (Å²) in [5, 5.41) is 6.71. The zero-order valence-corrected chi connectivity index (χ0v) is 17.6. The molecule has 1 aliphatic heterocycles. The highest BCUT2D eigenvalue weighted by atomic mass is 32.1. The van der Waals surface area contributed by atoms with Crippen molar-refractivity contribution in [2.45, 2.75) is 39.7 Å². The van der Waals surface area contributed by atoms with Crippen LogP contribution in [0.4, 0.5) is 5.69 Å². The van der Waals surface area contributed by atoms with Gasteiger partial charge in [-0.05, 0) is 55.6 Å². The van der Waals surface area contributed by atoms with Crippen molar-refractivity contribution in [3.63, 3.8) is 0 Å². The summed E-state index contributed by atoms with van der Waals surface area (Å²) in [6.07, 6.45) is 1.93. The highest BCUT2D eigenvalue weighted by Crippen LogP contribution is 2.33. The number of nitrogens with zero attached hydrogens (tertiary/aromatic N) is 1. The van der Waals surface area contributed by atoms with Gasteiger partial charge in [0.25, 0.3) is 0 Å². The molecule has 1 aliphatic carbocycles. The molecule has 150 valence electrons. The second-order valence-electron chi connectivity index (χ2n) is 7.82. The Bertz CT molecular complexity index is 813. The number of carbonyl (C=O) groups is 2. The number of amides is 1. The Balaban J connectivity index is 1.83. The lowest BCUT2D eigenvalue weighted by molar-refractivity contribution is -0.140. The summed E-state index contributed by atoms with van der Waals surface area (Å²) < 4.78 is 5.49. The van der Waals surface area contributed by atoms with E-state index < -0.39 is 6.04 Å². The topological polar surface area (TPSA) is 70.7 Å². The van der Waals surface area contributed by atoms with Gasteiger partial charge in [0.05, 0.1) is 18.2 Å². The number of ether oxygens (including phenoxy) is 1. The summed E-state index contributed by atoms with van der Waals surface area (Å²) in [5.74, 6) is 0.137. The number of hydrogen-bond donors (Lipinski definition) is 2. The third kappa shape index (κ3) is 4.52. The van der Waals surface area contributed by atoms with E-state index in [0.717, 1.165) is 29.8 Å². The number of benzene rings is 1. The van der Waals surface area contributed by atoms with Gasteiger partial charge < -0.3 is 20.3 Å². The zero-order chi connectivity index (χ0) is 20.4. The fraction of sp³-hybridized carbons (Fsp3) is 0.476. The van der Waals surface area contributed by atoms with E-state index in [2.05, 4.69) is 10.6 Å². The summed E-state index contributed by atoms with van der Waals surface area (Å²) in [7, 11) is 1.83. The summed E-state index contributed by atoms with van der Waals surface area (Å²) in [5.41, 5.74) is 2.96. The molecule has 0 aromatic heterocycles. The molecule has 2 aliphatic rings. The molecule has 1 fully saturated rings. The summed E-state index contributed by atoms with van der Waals surface area (Å²) in [4.78, 5) is 26.5. The lowest BCUT2D eigenvalue weighted by atomic mass is 9.95. The fourth-order valence-electron chi connectivity index (χ4n) is 3.02. The normalized spacial score (nSPS) is 19.5. The predicted octanol–water partition coefficient (Wildman–Crippen LogP) is 3.37. The number of thiocarbonyl (C=S) groups is 1. The molecule has 1 aromatic rings. The molecule has 7 heteroatoms. The number of rotatable bonds is 6. The van der Waals surface area contributed by atoms with E-state index in [1.165, 1.54) is 0 Å². The first-order valence-corrected chi connectivity index (χ1v) is 10.0. The quantitative estimate of drug-likeness (QED) is 0.563. The molecule has 1 atom stereocenters. The Labute approximate surface area is 171 Å². The zero-order valence-electron chi connectivity index (χ0n) is 16.7. The number of allylic oxidation sites excluding steroid dienone is 1. The van der Waals surface area contributed by atoms with Crippen LogP contribution in [0.15, 0.2) is 35.5 Å². The van der Waals surface area contributed by atoms with Gasteiger partial charge in [0.1, 0.15) is 0 Å². The van der Waals surface area contributed by atoms with Crippen LogP contribution in [0.25, 0.3) is 0 Å². The smallest absolute Gasteiger partial charge is 0.338 e. The molecule has 1 saturated carbocycles. The summed E-state index contributed by atoms with van der Waals surface area (Å²) in [6.45, 7) is 6.24. The lowest BCUT2D eigenvalue weighted by Gasteiger charge is -2.35. The van der Waals surface area contributed by atoms with Gasteiger partial charge in [-0.2, -0.15) is 0 Å². The molecular weight excluding hydrogens is 374 g/mol. The Morgan fingerprint density at radius 1 is 1.29 bits per heavy atom. The predicted molar refractivity (Wildman–Crippen MR) is 113 cm³/mol. The number of hydrogen-bond acceptors (Lipinski definition) is 4. The minimum atomic E-state index is -0.392. The lowest BCUT2D eigenvalue weighted by Crippen LogP contribution is -2.46. The van der Waals surface area contributed by atoms with Crippen LogP contribution in [0.1, 0.15) is 45.2 Å². The molecular formula is C21H27N3O3S. The largest absolute Gasteiger partial charge is 0.462 e. The maximum atomic E-state index is 12.8. The van der Waals surface area contributed by atoms with Crippen LogP contribution in [0.5, 0.6) is 0 Å². The van der Waals surface area contributed by atoms with E-state index in [-0.39, 0.29) is 23.7 Å². The van der Waals surface area contributed by atoms with Crippen molar-refractivity contribution < 1.29 is 14.3 Å². The van der Waals surface area contributed by atoms with Gasteiger partial charge in [0.2, 0.25) is 5.91 Å². The molecule has 28 heavy (non-hydrogen) atoms. The average molecular weight is 402 g/mol. The molecule has 0 saturated heterocycles. The Morgan fingerprint density at radius 3 is 2.50 bits per heavy atom. The fourth-order valence-corrected chi connectivity index (χ4v) is 3.27. The number of anilines is 1. The minimum absolute atomic E-state index is 0.0695. The van der Waals surface area contributed by atoms with Gasteiger partial charge in [-0.3, -0.25) is 4.79 Å². The maximum Gasteiger partial charge on any atom is 0.338 e. The SMILES string of the molecule is CC1=C(C(=O)OCC(C)C)[C@H](c2ccc(NC(=O)C3CC3)cc2)NC(=S)N1C. The highest BCUT2D eigenvalue weighted by Gasteiger charge is 2.34. The maximum absolute atomic E-state index is 12.8. The Morgan fingerprint density at radius 2 is 1.93 bits per heavy atom. The molecule has 0 bridgehead atoms. The van der Waals surface area contributed by atoms with Crippen LogP contribution in [0, 0.1) is 11.8 Å². The van der Waals surface area contributed by atoms with Gasteiger partial charge in [-0.1, -0.05) is 26.0 Å². The van der Waals surface area contributed by atoms with Crippen LogP contribution in [0.3, 0.4) is 0 Å². The number of esters is 1. The van der Waals surface area contributed by atoms with Crippen molar-refractivity contribution in [2.24, 2.45) is 11.8 Å². The molecule has 3 rings (SSSR count). The third-order valence-electron chi connectivity index (χ3n) is 4.98. The van der Waals surface area contributed by atoms with E-state index >= 15 is 0 Å². The minimum Gasteiger partial charge on any atom is -0.462 e. The van der Waals surface area contributed by atoms with E-state index in [1.54, 1.807) is 4.90 Å². The van der Waals surface area contributed by atoms with Crippen molar-refractivity contribution in [2.75, 3.05) is 19.0 Å². The standard InChI is InChI=1S/C21H27N3O3S/c1-12(2)11-27-20(26)17-13(3)24(4)21(28)23-18(17)14-7-9-16(10-8-14)22-19(25)15-5-6-15/h7-10,12,15,18H,5-6,11H2,1-4H3,(H,22,25)(H,23,28)/t18-/m0/s1. The van der Waals surface area contributed by atoms with Crippen LogP contribution >= 0.6 is 12.2 Å². The van der Waals surface area contributed by atoms with Crippen LogP contribution < -0.4 is 10.6 Å². The van der Waals surface area contributed by atoms with Crippen LogP contribution in [-0.2, 0) is 14.3 Å². The molecule has 1 aromatic carbocycles. The van der Waals surface area contributed by atoms with Crippen molar-refractivity contribution in [3.05, 3.63) is 41.1 Å². The monoisotopic (exact) mass is 401 g/mol. The Hall–Kier alpha value is -2.41. The first-order valence-electron chi connectivity index (χ1n) is 9.61. The van der Waals surface area contributed by atoms with Crippen molar-refractivity contribution in [1.29, 1.82) is 0 Å². The van der Waals surface area contributed by atoms with Gasteiger partial charge in [-0.15, -0.1) is 0 Å². The second-order valence-corrected chi connectivity index (χ2v) is 8.21. The molecule has 1 heterocycles. The summed E-state index contributed by atoms with van der Waals surface area (Å²) in [6, 6.07) is 7.11. The molecule has 0 spiro atoms. The number of nitrogens with one attached hydrogen (secondary N) is 2. The first kappa shape index (κ1) is 20.3. The Kier molecular flexibility index (Phi) is 6.03. The molecule has 2 N–H and O–H groups in total. The van der Waals surface area contributed by atoms with Gasteiger partial charge in [0.15, 0.2) is 5.11 Å². The van der Waals surface area contributed by atoms with Crippen molar-refractivity contribution >= 4 is 34.9 Å². The molecule has 1 amide bonds. The van der Waals surface area contributed by atoms with E-state index in [4.69, 9.17) is 17.0 Å². The first-order chi connectivity index (χ1) is 13.3. The second kappa shape index (κ2) is 8.31. The molecule has 0 unspecified atom stereocenters.